The Morgan fingerprint density at radius 1 is 1.25 bits per heavy atom. The third kappa shape index (κ3) is 5.08. The van der Waals surface area contributed by atoms with Crippen LogP contribution >= 0.6 is 23.2 Å². The van der Waals surface area contributed by atoms with Gasteiger partial charge in [0.25, 0.3) is 0 Å². The SMILES string of the molecule is COCCOCCNS(=O)(=O)c1c(N)cc(Cl)cc1Cl. The molecule has 0 unspecified atom stereocenters. The molecule has 0 bridgehead atoms. The number of methoxy groups -OCH3 is 1. The Morgan fingerprint density at radius 2 is 1.95 bits per heavy atom. The van der Waals surface area contributed by atoms with E-state index < -0.39 is 10.0 Å². The first-order valence-electron chi connectivity index (χ1n) is 5.69. The first-order chi connectivity index (χ1) is 9.38. The predicted octanol–water partition coefficient (Wildman–Crippen LogP) is 1.52. The summed E-state index contributed by atoms with van der Waals surface area (Å²) in [6.07, 6.45) is 0. The third-order valence-corrected chi connectivity index (χ3v) is 4.48. The van der Waals surface area contributed by atoms with Crippen LogP contribution in [0.25, 0.3) is 0 Å². The predicted molar refractivity (Wildman–Crippen MR) is 78.8 cm³/mol. The second-order valence-electron chi connectivity index (χ2n) is 3.81. The molecule has 0 heterocycles. The van der Waals surface area contributed by atoms with Crippen molar-refractivity contribution in [1.82, 2.24) is 4.72 Å². The number of nitrogens with one attached hydrogen (secondary N) is 1. The molecule has 9 heteroatoms. The number of benzene rings is 1. The zero-order valence-electron chi connectivity index (χ0n) is 10.9. The van der Waals surface area contributed by atoms with Crippen molar-refractivity contribution in [3.63, 3.8) is 0 Å². The molecule has 0 saturated heterocycles. The average molecular weight is 343 g/mol. The van der Waals surface area contributed by atoms with Crippen LogP contribution in [0.2, 0.25) is 10.0 Å². The van der Waals surface area contributed by atoms with Gasteiger partial charge in [-0.1, -0.05) is 23.2 Å². The van der Waals surface area contributed by atoms with Crippen LogP contribution in [0, 0.1) is 0 Å². The molecule has 0 aliphatic carbocycles. The maximum Gasteiger partial charge on any atom is 0.244 e. The van der Waals surface area contributed by atoms with Gasteiger partial charge in [-0.05, 0) is 12.1 Å². The van der Waals surface area contributed by atoms with Gasteiger partial charge in [0.1, 0.15) is 4.90 Å². The molecule has 0 saturated carbocycles. The van der Waals surface area contributed by atoms with Gasteiger partial charge in [0.15, 0.2) is 0 Å². The van der Waals surface area contributed by atoms with Gasteiger partial charge in [0, 0.05) is 18.7 Å². The monoisotopic (exact) mass is 342 g/mol. The van der Waals surface area contributed by atoms with Crippen LogP contribution in [0.3, 0.4) is 0 Å². The smallest absolute Gasteiger partial charge is 0.244 e. The zero-order valence-corrected chi connectivity index (χ0v) is 13.2. The number of nitrogens with two attached hydrogens (primary N) is 1. The largest absolute Gasteiger partial charge is 0.398 e. The summed E-state index contributed by atoms with van der Waals surface area (Å²) in [7, 11) is -2.26. The molecule has 1 rings (SSSR count). The molecule has 0 aromatic heterocycles. The van der Waals surface area contributed by atoms with Crippen molar-refractivity contribution in [2.45, 2.75) is 4.90 Å². The van der Waals surface area contributed by atoms with E-state index in [2.05, 4.69) is 4.72 Å². The minimum atomic E-state index is -3.81. The van der Waals surface area contributed by atoms with E-state index in [9.17, 15) is 8.42 Å². The molecule has 1 aromatic carbocycles. The highest BCUT2D eigenvalue weighted by Crippen LogP contribution is 2.30. The molecule has 0 aliphatic heterocycles. The van der Waals surface area contributed by atoms with Crippen molar-refractivity contribution in [2.24, 2.45) is 0 Å². The molecule has 114 valence electrons. The number of ether oxygens (including phenoxy) is 2. The lowest BCUT2D eigenvalue weighted by Crippen LogP contribution is -2.28. The minimum absolute atomic E-state index is 0.00435. The standard InChI is InChI=1S/C11H16Cl2N2O4S/c1-18-4-5-19-3-2-15-20(16,17)11-9(13)6-8(12)7-10(11)14/h6-7,15H,2-5,14H2,1H3. The van der Waals surface area contributed by atoms with Gasteiger partial charge < -0.3 is 15.2 Å². The van der Waals surface area contributed by atoms with Crippen LogP contribution in [0.4, 0.5) is 5.69 Å². The maximum atomic E-state index is 12.1. The Hall–Kier alpha value is -0.570. The van der Waals surface area contributed by atoms with E-state index in [1.54, 1.807) is 7.11 Å². The molecule has 0 radical (unpaired) electrons. The number of anilines is 1. The molecule has 3 N–H and O–H groups in total. The summed E-state index contributed by atoms with van der Waals surface area (Å²) in [5.74, 6) is 0. The van der Waals surface area contributed by atoms with E-state index in [4.69, 9.17) is 38.4 Å². The fraction of sp³-hybridized carbons (Fsp3) is 0.455. The van der Waals surface area contributed by atoms with Crippen LogP contribution in [0.1, 0.15) is 0 Å². The first kappa shape index (κ1) is 17.5. The summed E-state index contributed by atoms with van der Waals surface area (Å²) in [4.78, 5) is -0.180. The topological polar surface area (TPSA) is 90.6 Å². The van der Waals surface area contributed by atoms with Crippen molar-refractivity contribution in [2.75, 3.05) is 39.2 Å². The van der Waals surface area contributed by atoms with Crippen molar-refractivity contribution in [1.29, 1.82) is 0 Å². The fourth-order valence-corrected chi connectivity index (χ4v) is 3.42. The van der Waals surface area contributed by atoms with Gasteiger partial charge in [-0.15, -0.1) is 0 Å². The number of sulfonamides is 1. The van der Waals surface area contributed by atoms with Crippen molar-refractivity contribution in [3.8, 4) is 0 Å². The molecule has 1 aromatic rings. The molecule has 0 amide bonds. The van der Waals surface area contributed by atoms with Crippen LogP contribution in [-0.2, 0) is 19.5 Å². The Labute approximate surface area is 128 Å². The number of hydrogen-bond donors (Lipinski definition) is 2. The van der Waals surface area contributed by atoms with E-state index in [1.807, 2.05) is 0 Å². The fourth-order valence-electron chi connectivity index (χ4n) is 1.43. The lowest BCUT2D eigenvalue weighted by Gasteiger charge is -2.11. The highest BCUT2D eigenvalue weighted by Gasteiger charge is 2.21. The van der Waals surface area contributed by atoms with Crippen LogP contribution in [0.5, 0.6) is 0 Å². The molecular formula is C11H16Cl2N2O4S. The van der Waals surface area contributed by atoms with E-state index >= 15 is 0 Å². The molecule has 0 atom stereocenters. The lowest BCUT2D eigenvalue weighted by atomic mass is 10.3. The van der Waals surface area contributed by atoms with Crippen LogP contribution < -0.4 is 10.5 Å². The van der Waals surface area contributed by atoms with Gasteiger partial charge in [-0.25, -0.2) is 13.1 Å². The first-order valence-corrected chi connectivity index (χ1v) is 7.93. The van der Waals surface area contributed by atoms with Crippen molar-refractivity contribution < 1.29 is 17.9 Å². The van der Waals surface area contributed by atoms with Crippen molar-refractivity contribution >= 4 is 38.9 Å². The quantitative estimate of drug-likeness (QED) is 0.552. The van der Waals surface area contributed by atoms with E-state index in [1.165, 1.54) is 12.1 Å². The highest BCUT2D eigenvalue weighted by atomic mass is 35.5. The summed E-state index contributed by atoms with van der Waals surface area (Å²) >= 11 is 11.6. The van der Waals surface area contributed by atoms with E-state index in [-0.39, 0.29) is 33.8 Å². The van der Waals surface area contributed by atoms with Gasteiger partial charge in [0.2, 0.25) is 10.0 Å². The van der Waals surface area contributed by atoms with Gasteiger partial charge >= 0.3 is 0 Å². The van der Waals surface area contributed by atoms with Gasteiger partial charge in [0.05, 0.1) is 30.5 Å². The van der Waals surface area contributed by atoms with Crippen molar-refractivity contribution in [3.05, 3.63) is 22.2 Å². The summed E-state index contributed by atoms with van der Waals surface area (Å²) < 4.78 is 36.4. The maximum absolute atomic E-state index is 12.1. The Balaban J connectivity index is 2.66. The highest BCUT2D eigenvalue weighted by molar-refractivity contribution is 7.89. The zero-order chi connectivity index (χ0) is 15.2. The van der Waals surface area contributed by atoms with Gasteiger partial charge in [-0.2, -0.15) is 0 Å². The normalized spacial score (nSPS) is 11.8. The molecule has 20 heavy (non-hydrogen) atoms. The number of hydrogen-bond acceptors (Lipinski definition) is 5. The third-order valence-electron chi connectivity index (χ3n) is 2.28. The van der Waals surface area contributed by atoms with E-state index in [0.29, 0.717) is 13.2 Å². The number of nitrogen functional groups attached to an aromatic ring is 1. The lowest BCUT2D eigenvalue weighted by molar-refractivity contribution is 0.0736. The van der Waals surface area contributed by atoms with E-state index in [0.717, 1.165) is 0 Å². The average Bonchev–Trinajstić information content (AvgIpc) is 2.31. The molecule has 0 aliphatic rings. The Kier molecular flexibility index (Phi) is 7.01. The van der Waals surface area contributed by atoms with Crippen LogP contribution in [-0.4, -0.2) is 41.9 Å². The summed E-state index contributed by atoms with van der Waals surface area (Å²) in [6.45, 7) is 1.16. The second-order valence-corrected chi connectivity index (χ2v) is 6.36. The molecule has 0 spiro atoms. The summed E-state index contributed by atoms with van der Waals surface area (Å²) in [5.41, 5.74) is 5.64. The number of rotatable bonds is 8. The Morgan fingerprint density at radius 3 is 2.55 bits per heavy atom. The number of halogens is 2. The van der Waals surface area contributed by atoms with Crippen LogP contribution in [0.15, 0.2) is 17.0 Å². The Bertz CT molecular complexity index is 528. The summed E-state index contributed by atoms with van der Waals surface area (Å²) in [6, 6.07) is 2.65. The molecular weight excluding hydrogens is 327 g/mol. The second kappa shape index (κ2) is 8.02. The van der Waals surface area contributed by atoms with Gasteiger partial charge in [-0.3, -0.25) is 0 Å². The molecule has 6 nitrogen and oxygen atoms in total. The summed E-state index contributed by atoms with van der Waals surface area (Å²) in [5, 5.41) is 0.247. The minimum Gasteiger partial charge on any atom is -0.398 e. The molecule has 0 fully saturated rings.